The molecule has 0 radical (unpaired) electrons. The van der Waals surface area contributed by atoms with Gasteiger partial charge in [-0.2, -0.15) is 0 Å². The predicted octanol–water partition coefficient (Wildman–Crippen LogP) is 3.73. The minimum atomic E-state index is -0.299. The first-order chi connectivity index (χ1) is 13.6. The van der Waals surface area contributed by atoms with Crippen molar-refractivity contribution in [2.45, 2.75) is 51.6 Å². The Balaban J connectivity index is 1.52. The third-order valence-corrected chi connectivity index (χ3v) is 5.44. The van der Waals surface area contributed by atoms with Crippen LogP contribution in [-0.2, 0) is 6.54 Å². The van der Waals surface area contributed by atoms with Gasteiger partial charge in [-0.25, -0.2) is 4.68 Å². The second-order valence-electron chi connectivity index (χ2n) is 6.96. The minimum Gasteiger partial charge on any atom is -0.360 e. The molecular formula is C19H21ClN6O2. The summed E-state index contributed by atoms with van der Waals surface area (Å²) in [4.78, 5) is 12.9. The molecule has 9 heteroatoms. The van der Waals surface area contributed by atoms with Gasteiger partial charge in [-0.3, -0.25) is 4.79 Å². The second-order valence-corrected chi connectivity index (χ2v) is 7.36. The Morgan fingerprint density at radius 1 is 1.29 bits per heavy atom. The molecule has 146 valence electrons. The summed E-state index contributed by atoms with van der Waals surface area (Å²) in [5.74, 6) is 0.778. The standard InChI is InChI=1S/C19H21ClN6O2/c1-12-17(18(23-28-12)14-9-5-6-10-15(14)20)19(27)21-11-16-22-24-25-26(16)13-7-3-2-4-8-13/h5-6,9-10,13H,2-4,7-8,11H2,1H3,(H,21,27). The molecule has 0 bridgehead atoms. The number of hydrogen-bond donors (Lipinski definition) is 1. The van der Waals surface area contributed by atoms with E-state index in [0.717, 1.165) is 12.8 Å². The molecule has 4 rings (SSSR count). The fourth-order valence-corrected chi connectivity index (χ4v) is 3.89. The van der Waals surface area contributed by atoms with Crippen molar-refractivity contribution < 1.29 is 9.32 Å². The smallest absolute Gasteiger partial charge is 0.257 e. The third kappa shape index (κ3) is 3.64. The third-order valence-electron chi connectivity index (χ3n) is 5.11. The van der Waals surface area contributed by atoms with Gasteiger partial charge < -0.3 is 9.84 Å². The van der Waals surface area contributed by atoms with Gasteiger partial charge in [0.1, 0.15) is 17.0 Å². The first kappa shape index (κ1) is 18.6. The van der Waals surface area contributed by atoms with Crippen LogP contribution in [0.15, 0.2) is 28.8 Å². The van der Waals surface area contributed by atoms with E-state index in [0.29, 0.717) is 39.5 Å². The van der Waals surface area contributed by atoms with Crippen LogP contribution >= 0.6 is 11.6 Å². The molecule has 1 saturated carbocycles. The number of aryl methyl sites for hydroxylation is 1. The van der Waals surface area contributed by atoms with Crippen LogP contribution in [0.25, 0.3) is 11.3 Å². The number of hydrogen-bond acceptors (Lipinski definition) is 6. The van der Waals surface area contributed by atoms with E-state index < -0.39 is 0 Å². The lowest BCUT2D eigenvalue weighted by atomic mass is 9.95. The molecule has 0 saturated heterocycles. The Morgan fingerprint density at radius 3 is 2.86 bits per heavy atom. The van der Waals surface area contributed by atoms with E-state index in [1.807, 2.05) is 16.8 Å². The summed E-state index contributed by atoms with van der Waals surface area (Å²) in [6.45, 7) is 1.93. The molecule has 1 aliphatic carbocycles. The van der Waals surface area contributed by atoms with Gasteiger partial charge in [0.15, 0.2) is 5.82 Å². The first-order valence-corrected chi connectivity index (χ1v) is 9.79. The van der Waals surface area contributed by atoms with Crippen molar-refractivity contribution in [1.82, 2.24) is 30.7 Å². The Morgan fingerprint density at radius 2 is 2.07 bits per heavy atom. The SMILES string of the molecule is Cc1onc(-c2ccccc2Cl)c1C(=O)NCc1nnnn1C1CCCCC1. The van der Waals surface area contributed by atoms with Crippen LogP contribution < -0.4 is 5.32 Å². The summed E-state index contributed by atoms with van der Waals surface area (Å²) in [5, 5.41) is 19.5. The van der Waals surface area contributed by atoms with E-state index in [2.05, 4.69) is 26.0 Å². The van der Waals surface area contributed by atoms with Gasteiger partial charge in [-0.15, -0.1) is 5.10 Å². The number of nitrogens with one attached hydrogen (secondary N) is 1. The molecule has 2 heterocycles. The lowest BCUT2D eigenvalue weighted by Crippen LogP contribution is -2.27. The van der Waals surface area contributed by atoms with Gasteiger partial charge in [0, 0.05) is 5.56 Å². The van der Waals surface area contributed by atoms with E-state index in [4.69, 9.17) is 16.1 Å². The zero-order valence-electron chi connectivity index (χ0n) is 15.6. The Bertz CT molecular complexity index is 976. The van der Waals surface area contributed by atoms with Crippen LogP contribution in [0.1, 0.15) is 60.1 Å². The zero-order valence-corrected chi connectivity index (χ0v) is 16.3. The highest BCUT2D eigenvalue weighted by molar-refractivity contribution is 6.33. The Kier molecular flexibility index (Phi) is 5.38. The van der Waals surface area contributed by atoms with Gasteiger partial charge >= 0.3 is 0 Å². The van der Waals surface area contributed by atoms with E-state index >= 15 is 0 Å². The number of amides is 1. The minimum absolute atomic E-state index is 0.231. The average Bonchev–Trinajstić information content (AvgIpc) is 3.34. The summed E-state index contributed by atoms with van der Waals surface area (Å²) in [6, 6.07) is 7.52. The van der Waals surface area contributed by atoms with Gasteiger partial charge in [0.05, 0.1) is 17.6 Å². The summed E-state index contributed by atoms with van der Waals surface area (Å²) >= 11 is 6.27. The molecular weight excluding hydrogens is 380 g/mol. The average molecular weight is 401 g/mol. The van der Waals surface area contributed by atoms with Gasteiger partial charge in [0.2, 0.25) is 0 Å². The molecule has 8 nitrogen and oxygen atoms in total. The van der Waals surface area contributed by atoms with Crippen molar-refractivity contribution >= 4 is 17.5 Å². The van der Waals surface area contributed by atoms with Crippen LogP contribution in [0.4, 0.5) is 0 Å². The predicted molar refractivity (Wildman–Crippen MR) is 103 cm³/mol. The van der Waals surface area contributed by atoms with E-state index in [9.17, 15) is 4.79 Å². The maximum atomic E-state index is 12.9. The summed E-state index contributed by atoms with van der Waals surface area (Å²) in [5.41, 5.74) is 1.44. The highest BCUT2D eigenvalue weighted by atomic mass is 35.5. The maximum absolute atomic E-state index is 12.9. The first-order valence-electron chi connectivity index (χ1n) is 9.41. The molecule has 28 heavy (non-hydrogen) atoms. The molecule has 2 aromatic heterocycles. The largest absolute Gasteiger partial charge is 0.360 e. The highest BCUT2D eigenvalue weighted by Gasteiger charge is 2.24. The second kappa shape index (κ2) is 8.10. The molecule has 0 aliphatic heterocycles. The topological polar surface area (TPSA) is 98.7 Å². The Hall–Kier alpha value is -2.74. The maximum Gasteiger partial charge on any atom is 0.257 e. The molecule has 1 N–H and O–H groups in total. The number of carbonyl (C=O) groups is 1. The summed E-state index contributed by atoms with van der Waals surface area (Å²) < 4.78 is 7.11. The number of halogens is 1. The molecule has 1 amide bonds. The van der Waals surface area contributed by atoms with Crippen LogP contribution in [0.3, 0.4) is 0 Å². The van der Waals surface area contributed by atoms with Gasteiger partial charge in [-0.1, -0.05) is 54.2 Å². The van der Waals surface area contributed by atoms with Crippen LogP contribution in [0, 0.1) is 6.92 Å². The Labute approximate surface area is 167 Å². The van der Waals surface area contributed by atoms with Gasteiger partial charge in [0.25, 0.3) is 5.91 Å². The quantitative estimate of drug-likeness (QED) is 0.700. The lowest BCUT2D eigenvalue weighted by molar-refractivity contribution is 0.0948. The van der Waals surface area contributed by atoms with Gasteiger partial charge in [-0.05, 0) is 36.3 Å². The number of carbonyl (C=O) groups excluding carboxylic acids is 1. The lowest BCUT2D eigenvalue weighted by Gasteiger charge is -2.22. The van der Waals surface area contributed by atoms with Crippen molar-refractivity contribution in [3.63, 3.8) is 0 Å². The van der Waals surface area contributed by atoms with E-state index in [1.165, 1.54) is 19.3 Å². The summed E-state index contributed by atoms with van der Waals surface area (Å²) in [6.07, 6.45) is 5.73. The summed E-state index contributed by atoms with van der Waals surface area (Å²) in [7, 11) is 0. The fourth-order valence-electron chi connectivity index (χ4n) is 3.66. The molecule has 0 atom stereocenters. The molecule has 0 unspecified atom stereocenters. The number of aromatic nitrogens is 5. The molecule has 1 aliphatic rings. The highest BCUT2D eigenvalue weighted by Crippen LogP contribution is 2.31. The van der Waals surface area contributed by atoms with Crippen molar-refractivity contribution in [2.24, 2.45) is 0 Å². The van der Waals surface area contributed by atoms with Crippen molar-refractivity contribution in [3.8, 4) is 11.3 Å². The van der Waals surface area contributed by atoms with Crippen LogP contribution in [0.5, 0.6) is 0 Å². The zero-order chi connectivity index (χ0) is 19.5. The number of rotatable bonds is 5. The molecule has 3 aromatic rings. The fraction of sp³-hybridized carbons (Fsp3) is 0.421. The number of benzene rings is 1. The van der Waals surface area contributed by atoms with Crippen LogP contribution in [0.2, 0.25) is 5.02 Å². The van der Waals surface area contributed by atoms with Crippen molar-refractivity contribution in [1.29, 1.82) is 0 Å². The number of tetrazole rings is 1. The monoisotopic (exact) mass is 400 g/mol. The molecule has 0 spiro atoms. The molecule has 1 fully saturated rings. The van der Waals surface area contributed by atoms with Crippen molar-refractivity contribution in [2.75, 3.05) is 0 Å². The van der Waals surface area contributed by atoms with Crippen LogP contribution in [-0.4, -0.2) is 31.3 Å². The molecule has 1 aromatic carbocycles. The van der Waals surface area contributed by atoms with Crippen molar-refractivity contribution in [3.05, 3.63) is 46.4 Å². The number of nitrogens with zero attached hydrogens (tertiary/aromatic N) is 5. The van der Waals surface area contributed by atoms with E-state index in [1.54, 1.807) is 19.1 Å². The normalized spacial score (nSPS) is 14.9. The van der Waals surface area contributed by atoms with E-state index in [-0.39, 0.29) is 12.5 Å².